The summed E-state index contributed by atoms with van der Waals surface area (Å²) in [5.74, 6) is 1.49. The fraction of sp³-hybridized carbons (Fsp3) is 0.381. The molecule has 0 saturated heterocycles. The summed E-state index contributed by atoms with van der Waals surface area (Å²) in [6.07, 6.45) is 1.25. The van der Waals surface area contributed by atoms with E-state index in [1.807, 2.05) is 43.3 Å². The summed E-state index contributed by atoms with van der Waals surface area (Å²) in [6, 6.07) is 13.9. The number of rotatable bonds is 8. The monoisotopic (exact) mass is 341 g/mol. The Morgan fingerprint density at radius 2 is 1.88 bits per heavy atom. The predicted molar refractivity (Wildman–Crippen MR) is 100 cm³/mol. The van der Waals surface area contributed by atoms with Gasteiger partial charge in [0, 0.05) is 6.54 Å². The number of benzene rings is 2. The third-order valence-corrected chi connectivity index (χ3v) is 4.24. The van der Waals surface area contributed by atoms with Crippen LogP contribution in [0.2, 0.25) is 0 Å². The van der Waals surface area contributed by atoms with Crippen LogP contribution in [0.3, 0.4) is 0 Å². The van der Waals surface area contributed by atoms with Gasteiger partial charge >= 0.3 is 0 Å². The van der Waals surface area contributed by atoms with E-state index in [0.29, 0.717) is 6.54 Å². The highest BCUT2D eigenvalue weighted by Crippen LogP contribution is 2.18. The zero-order valence-corrected chi connectivity index (χ0v) is 15.5. The molecule has 25 heavy (non-hydrogen) atoms. The number of hydrogen-bond donors (Lipinski definition) is 1. The topological polar surface area (TPSA) is 47.6 Å². The number of nitrogens with one attached hydrogen (secondary N) is 1. The maximum absolute atomic E-state index is 12.2. The van der Waals surface area contributed by atoms with Crippen LogP contribution < -0.4 is 14.8 Å². The predicted octanol–water partition coefficient (Wildman–Crippen LogP) is 3.83. The van der Waals surface area contributed by atoms with Gasteiger partial charge < -0.3 is 14.8 Å². The largest absolute Gasteiger partial charge is 0.497 e. The van der Waals surface area contributed by atoms with Gasteiger partial charge in [-0.15, -0.1) is 0 Å². The molecule has 134 valence electrons. The summed E-state index contributed by atoms with van der Waals surface area (Å²) in [7, 11) is 1.66. The molecule has 0 aliphatic carbocycles. The quantitative estimate of drug-likeness (QED) is 0.742. The zero-order valence-electron chi connectivity index (χ0n) is 15.5. The lowest BCUT2D eigenvalue weighted by Gasteiger charge is -2.15. The standard InChI is InChI=1S/C21H27NO3/c1-15-10-11-20(13-16(15)2)25-17(3)21(23)22-12-6-8-18-7-5-9-19(14-18)24-4/h5,7,9-11,13-14,17H,6,8,12H2,1-4H3,(H,22,23)/t17-/m1/s1. The van der Waals surface area contributed by atoms with Crippen LogP contribution in [0.1, 0.15) is 30.0 Å². The molecule has 0 heterocycles. The third kappa shape index (κ3) is 5.82. The van der Waals surface area contributed by atoms with E-state index in [4.69, 9.17) is 9.47 Å². The second kappa shape index (κ2) is 9.11. The molecule has 0 fully saturated rings. The van der Waals surface area contributed by atoms with Gasteiger partial charge in [-0.25, -0.2) is 0 Å². The molecule has 0 bridgehead atoms. The Bertz CT molecular complexity index is 712. The zero-order chi connectivity index (χ0) is 18.2. The SMILES string of the molecule is COc1cccc(CCCNC(=O)[C@@H](C)Oc2ccc(C)c(C)c2)c1. The molecule has 0 aromatic heterocycles. The van der Waals surface area contributed by atoms with E-state index < -0.39 is 6.10 Å². The van der Waals surface area contributed by atoms with Gasteiger partial charge in [-0.2, -0.15) is 0 Å². The van der Waals surface area contributed by atoms with Crippen LogP contribution in [-0.2, 0) is 11.2 Å². The number of ether oxygens (including phenoxy) is 2. The molecular formula is C21H27NO3. The Balaban J connectivity index is 1.74. The van der Waals surface area contributed by atoms with Crippen molar-refractivity contribution in [2.24, 2.45) is 0 Å². The smallest absolute Gasteiger partial charge is 0.260 e. The van der Waals surface area contributed by atoms with E-state index in [9.17, 15) is 4.79 Å². The van der Waals surface area contributed by atoms with Crippen molar-refractivity contribution in [2.75, 3.05) is 13.7 Å². The summed E-state index contributed by atoms with van der Waals surface area (Å²) in [6.45, 7) is 6.48. The summed E-state index contributed by atoms with van der Waals surface area (Å²) in [5, 5.41) is 2.93. The van der Waals surface area contributed by atoms with Gasteiger partial charge in [-0.1, -0.05) is 18.2 Å². The van der Waals surface area contributed by atoms with Gasteiger partial charge in [0.2, 0.25) is 0 Å². The summed E-state index contributed by atoms with van der Waals surface area (Å²) in [4.78, 5) is 12.2. The molecule has 0 spiro atoms. The minimum Gasteiger partial charge on any atom is -0.497 e. The molecule has 0 radical (unpaired) electrons. The molecule has 1 amide bonds. The number of carbonyl (C=O) groups excluding carboxylic acids is 1. The molecule has 2 aromatic rings. The average molecular weight is 341 g/mol. The van der Waals surface area contributed by atoms with Gasteiger partial charge in [-0.3, -0.25) is 4.79 Å². The van der Waals surface area contributed by atoms with Crippen molar-refractivity contribution in [2.45, 2.75) is 39.7 Å². The number of amides is 1. The van der Waals surface area contributed by atoms with Gasteiger partial charge in [-0.05, 0) is 74.6 Å². The lowest BCUT2D eigenvalue weighted by molar-refractivity contribution is -0.127. The highest BCUT2D eigenvalue weighted by atomic mass is 16.5. The van der Waals surface area contributed by atoms with Crippen molar-refractivity contribution in [1.82, 2.24) is 5.32 Å². The first-order chi connectivity index (χ1) is 12.0. The van der Waals surface area contributed by atoms with Crippen LogP contribution in [0.5, 0.6) is 11.5 Å². The van der Waals surface area contributed by atoms with E-state index in [1.54, 1.807) is 14.0 Å². The van der Waals surface area contributed by atoms with E-state index in [2.05, 4.69) is 18.3 Å². The molecule has 0 aliphatic heterocycles. The molecule has 1 atom stereocenters. The van der Waals surface area contributed by atoms with Crippen molar-refractivity contribution in [3.05, 3.63) is 59.2 Å². The average Bonchev–Trinajstić information content (AvgIpc) is 2.61. The van der Waals surface area contributed by atoms with Crippen molar-refractivity contribution in [3.63, 3.8) is 0 Å². The molecule has 2 aromatic carbocycles. The molecule has 0 saturated carbocycles. The van der Waals surface area contributed by atoms with Crippen LogP contribution in [-0.4, -0.2) is 25.7 Å². The fourth-order valence-corrected chi connectivity index (χ4v) is 2.52. The second-order valence-electron chi connectivity index (χ2n) is 6.25. The minimum atomic E-state index is -0.515. The van der Waals surface area contributed by atoms with Crippen molar-refractivity contribution < 1.29 is 14.3 Å². The first-order valence-electron chi connectivity index (χ1n) is 8.64. The van der Waals surface area contributed by atoms with Crippen LogP contribution in [0.15, 0.2) is 42.5 Å². The Morgan fingerprint density at radius 1 is 1.08 bits per heavy atom. The van der Waals surface area contributed by atoms with E-state index in [1.165, 1.54) is 11.1 Å². The summed E-state index contributed by atoms with van der Waals surface area (Å²) >= 11 is 0. The van der Waals surface area contributed by atoms with Gasteiger partial charge in [0.1, 0.15) is 11.5 Å². The number of hydrogen-bond acceptors (Lipinski definition) is 3. The minimum absolute atomic E-state index is 0.0936. The molecule has 4 heteroatoms. The first-order valence-corrected chi connectivity index (χ1v) is 8.64. The van der Waals surface area contributed by atoms with Crippen molar-refractivity contribution in [1.29, 1.82) is 0 Å². The van der Waals surface area contributed by atoms with Crippen LogP contribution >= 0.6 is 0 Å². The number of methoxy groups -OCH3 is 1. The van der Waals surface area contributed by atoms with Gasteiger partial charge in [0.25, 0.3) is 5.91 Å². The van der Waals surface area contributed by atoms with Gasteiger partial charge in [0.05, 0.1) is 7.11 Å². The van der Waals surface area contributed by atoms with E-state index >= 15 is 0 Å². The molecule has 1 N–H and O–H groups in total. The highest BCUT2D eigenvalue weighted by molar-refractivity contribution is 5.80. The third-order valence-electron chi connectivity index (χ3n) is 4.24. The Labute approximate surface area is 150 Å². The second-order valence-corrected chi connectivity index (χ2v) is 6.25. The lowest BCUT2D eigenvalue weighted by Crippen LogP contribution is -2.36. The van der Waals surface area contributed by atoms with Crippen LogP contribution in [0.25, 0.3) is 0 Å². The first kappa shape index (κ1) is 18.8. The van der Waals surface area contributed by atoms with Gasteiger partial charge in [0.15, 0.2) is 6.10 Å². The maximum atomic E-state index is 12.2. The van der Waals surface area contributed by atoms with Crippen LogP contribution in [0.4, 0.5) is 0 Å². The maximum Gasteiger partial charge on any atom is 0.260 e. The Hall–Kier alpha value is -2.49. The molecule has 4 nitrogen and oxygen atoms in total. The molecule has 0 aliphatic rings. The summed E-state index contributed by atoms with van der Waals surface area (Å²) in [5.41, 5.74) is 3.57. The Morgan fingerprint density at radius 3 is 2.60 bits per heavy atom. The van der Waals surface area contributed by atoms with Crippen molar-refractivity contribution >= 4 is 5.91 Å². The normalized spacial score (nSPS) is 11.7. The van der Waals surface area contributed by atoms with Crippen molar-refractivity contribution in [3.8, 4) is 11.5 Å². The lowest BCUT2D eigenvalue weighted by atomic mass is 10.1. The molecular weight excluding hydrogens is 314 g/mol. The molecule has 2 rings (SSSR count). The summed E-state index contributed by atoms with van der Waals surface area (Å²) < 4.78 is 10.9. The van der Waals surface area contributed by atoms with E-state index in [-0.39, 0.29) is 5.91 Å². The number of carbonyl (C=O) groups is 1. The highest BCUT2D eigenvalue weighted by Gasteiger charge is 2.14. The fourth-order valence-electron chi connectivity index (χ4n) is 2.52. The molecule has 0 unspecified atom stereocenters. The van der Waals surface area contributed by atoms with E-state index in [0.717, 1.165) is 29.9 Å². The number of aryl methyl sites for hydroxylation is 3. The van der Waals surface area contributed by atoms with Crippen LogP contribution in [0, 0.1) is 13.8 Å². The Kier molecular flexibility index (Phi) is 6.87.